The molecule has 2 aromatic heterocycles. The summed E-state index contributed by atoms with van der Waals surface area (Å²) in [6, 6.07) is 23.3. The molecule has 1 saturated heterocycles. The zero-order valence-electron chi connectivity index (χ0n) is 32.5. The summed E-state index contributed by atoms with van der Waals surface area (Å²) in [7, 11) is -1.52. The molecule has 7 rings (SSSR count). The van der Waals surface area contributed by atoms with Crippen molar-refractivity contribution in [3.63, 3.8) is 0 Å². The molecule has 0 unspecified atom stereocenters. The zero-order valence-corrected chi connectivity index (χ0v) is 32.5. The Balaban J connectivity index is 0.000000236. The van der Waals surface area contributed by atoms with Gasteiger partial charge in [0.25, 0.3) is 11.8 Å². The summed E-state index contributed by atoms with van der Waals surface area (Å²) in [5.74, 6) is -1.77. The lowest BCUT2D eigenvalue weighted by molar-refractivity contribution is -0.127. The molecular formula is C43H43BF2N8O5. The van der Waals surface area contributed by atoms with Crippen LogP contribution in [0.4, 0.5) is 14.6 Å². The molecule has 4 aromatic carbocycles. The Morgan fingerprint density at radius 1 is 0.864 bits per heavy atom. The van der Waals surface area contributed by atoms with Crippen molar-refractivity contribution in [2.75, 3.05) is 18.8 Å². The van der Waals surface area contributed by atoms with E-state index >= 15 is 0 Å². The maximum absolute atomic E-state index is 14.3. The zero-order chi connectivity index (χ0) is 42.2. The third-order valence-electron chi connectivity index (χ3n) is 10.0. The number of halogens is 2. The number of aryl methyl sites for hydroxylation is 2. The van der Waals surface area contributed by atoms with Gasteiger partial charge >= 0.3 is 7.12 Å². The number of fused-ring (bicyclic) bond motifs is 1. The molecule has 16 heteroatoms. The van der Waals surface area contributed by atoms with E-state index in [1.54, 1.807) is 67.3 Å². The van der Waals surface area contributed by atoms with E-state index in [1.807, 2.05) is 28.9 Å². The van der Waals surface area contributed by atoms with Gasteiger partial charge in [-0.15, -0.1) is 0 Å². The van der Waals surface area contributed by atoms with Gasteiger partial charge < -0.3 is 31.3 Å². The van der Waals surface area contributed by atoms with Crippen LogP contribution in [0.25, 0.3) is 22.3 Å². The number of carbonyl (C=O) groups is 3. The van der Waals surface area contributed by atoms with Crippen LogP contribution in [0.15, 0.2) is 104 Å². The van der Waals surface area contributed by atoms with Gasteiger partial charge in [-0.25, -0.2) is 23.4 Å². The highest BCUT2D eigenvalue weighted by Gasteiger charge is 2.28. The number of likely N-dealkylation sites (tertiary alicyclic amines) is 1. The number of hydrogen-bond donors (Lipinski definition) is 5. The lowest BCUT2D eigenvalue weighted by atomic mass is 9.80. The van der Waals surface area contributed by atoms with Crippen molar-refractivity contribution < 1.29 is 33.2 Å². The van der Waals surface area contributed by atoms with Gasteiger partial charge in [0, 0.05) is 31.7 Å². The maximum Gasteiger partial charge on any atom is 0.488 e. The van der Waals surface area contributed by atoms with Gasteiger partial charge in [-0.3, -0.25) is 14.4 Å². The normalized spacial score (nSPS) is 13.6. The predicted molar refractivity (Wildman–Crippen MR) is 221 cm³/mol. The number of aromatic nitrogens is 4. The van der Waals surface area contributed by atoms with Crippen LogP contribution in [0, 0.1) is 25.5 Å². The smallest absolute Gasteiger partial charge is 0.423 e. The summed E-state index contributed by atoms with van der Waals surface area (Å²) < 4.78 is 29.9. The topological polar surface area (TPSA) is 189 Å². The molecule has 302 valence electrons. The first kappa shape index (κ1) is 41.8. The van der Waals surface area contributed by atoms with Crippen molar-refractivity contribution in [2.24, 2.45) is 0 Å². The van der Waals surface area contributed by atoms with E-state index in [9.17, 15) is 23.2 Å². The van der Waals surface area contributed by atoms with Crippen molar-refractivity contribution in [1.82, 2.24) is 35.3 Å². The highest BCUT2D eigenvalue weighted by atomic mass is 19.1. The number of nitrogens with zero attached hydrogens (tertiary/aromatic N) is 5. The first-order chi connectivity index (χ1) is 28.4. The summed E-state index contributed by atoms with van der Waals surface area (Å²) in [5.41, 5.74) is 11.2. The molecule has 1 atom stereocenters. The van der Waals surface area contributed by atoms with Crippen LogP contribution in [-0.2, 0) is 17.9 Å². The molecule has 1 fully saturated rings. The average Bonchev–Trinajstić information content (AvgIpc) is 3.65. The fourth-order valence-corrected chi connectivity index (χ4v) is 6.72. The number of hydrogen-bond acceptors (Lipinski definition) is 9. The number of amides is 3. The standard InChI is InChI=1S/C28H28FN7O2.C15H15BFNO3/c1-3-22(37)35-13-5-7-20(15-35)36-27-23(26(30)32-16-33-27)25(34-36)19-11-9-18(10-12-19)14-31-28(38)21-8-4-6-17(2)24(21)29;1-10-3-2-4-13(14(10)17)15(19)18-9-11-5-7-12(8-6-11)16(20)21/h3-4,6,8-12,16,20H,1,5,7,13-15H2,2H3,(H,31,38)(H2,30,32,33);2-8,20-21H,9H2,1H3,(H,18,19)/t20-;/m1./s1. The van der Waals surface area contributed by atoms with Crippen LogP contribution in [-0.4, -0.2) is 72.6 Å². The highest BCUT2D eigenvalue weighted by Crippen LogP contribution is 2.34. The molecule has 59 heavy (non-hydrogen) atoms. The average molecular weight is 801 g/mol. The summed E-state index contributed by atoms with van der Waals surface area (Å²) in [6.45, 7) is 8.48. The molecule has 3 amide bonds. The van der Waals surface area contributed by atoms with Crippen molar-refractivity contribution in [3.8, 4) is 11.3 Å². The second-order valence-corrected chi connectivity index (χ2v) is 14.1. The van der Waals surface area contributed by atoms with Crippen molar-refractivity contribution >= 4 is 47.2 Å². The molecule has 0 aliphatic carbocycles. The first-order valence-corrected chi connectivity index (χ1v) is 18.9. The van der Waals surface area contributed by atoms with E-state index in [0.29, 0.717) is 52.2 Å². The molecule has 3 heterocycles. The lowest BCUT2D eigenvalue weighted by Gasteiger charge is -2.32. The Bertz CT molecular complexity index is 2500. The number of benzene rings is 4. The van der Waals surface area contributed by atoms with E-state index in [4.69, 9.17) is 20.9 Å². The Morgan fingerprint density at radius 3 is 1.97 bits per heavy atom. The van der Waals surface area contributed by atoms with Gasteiger partial charge in [-0.1, -0.05) is 79.4 Å². The van der Waals surface area contributed by atoms with Gasteiger partial charge in [0.2, 0.25) is 5.91 Å². The van der Waals surface area contributed by atoms with E-state index < -0.39 is 30.6 Å². The third kappa shape index (κ3) is 9.68. The Morgan fingerprint density at radius 2 is 1.42 bits per heavy atom. The van der Waals surface area contributed by atoms with E-state index in [-0.39, 0.29) is 36.2 Å². The molecular weight excluding hydrogens is 757 g/mol. The predicted octanol–water partition coefficient (Wildman–Crippen LogP) is 4.55. The second-order valence-electron chi connectivity index (χ2n) is 14.1. The highest BCUT2D eigenvalue weighted by molar-refractivity contribution is 6.58. The Labute approximate surface area is 339 Å². The summed E-state index contributed by atoms with van der Waals surface area (Å²) in [5, 5.41) is 28.9. The van der Waals surface area contributed by atoms with Crippen molar-refractivity contribution in [1.29, 1.82) is 0 Å². The molecule has 1 aliphatic heterocycles. The third-order valence-corrected chi connectivity index (χ3v) is 10.0. The molecule has 6 aromatic rings. The first-order valence-electron chi connectivity index (χ1n) is 18.9. The van der Waals surface area contributed by atoms with Crippen LogP contribution in [0.2, 0.25) is 0 Å². The molecule has 1 aliphatic rings. The van der Waals surface area contributed by atoms with Crippen LogP contribution in [0.1, 0.15) is 61.9 Å². The number of anilines is 1. The van der Waals surface area contributed by atoms with Gasteiger partial charge in [0.1, 0.15) is 29.5 Å². The van der Waals surface area contributed by atoms with Crippen molar-refractivity contribution in [3.05, 3.63) is 149 Å². The maximum atomic E-state index is 14.3. The van der Waals surface area contributed by atoms with Crippen LogP contribution < -0.4 is 21.8 Å². The van der Waals surface area contributed by atoms with Crippen LogP contribution >= 0.6 is 0 Å². The van der Waals surface area contributed by atoms with E-state index in [2.05, 4.69) is 27.2 Å². The van der Waals surface area contributed by atoms with Gasteiger partial charge in [0.15, 0.2) is 5.65 Å². The number of nitrogens with one attached hydrogen (secondary N) is 2. The van der Waals surface area contributed by atoms with Gasteiger partial charge in [-0.05, 0) is 72.6 Å². The number of carbonyl (C=O) groups excluding carboxylic acids is 3. The summed E-state index contributed by atoms with van der Waals surface area (Å²) in [4.78, 5) is 47.0. The minimum Gasteiger partial charge on any atom is -0.423 e. The minimum atomic E-state index is -1.52. The Kier molecular flexibility index (Phi) is 13.2. The number of nitrogens with two attached hydrogens (primary N) is 1. The Hall–Kier alpha value is -6.78. The van der Waals surface area contributed by atoms with Gasteiger partial charge in [0.05, 0.1) is 22.6 Å². The molecule has 13 nitrogen and oxygen atoms in total. The van der Waals surface area contributed by atoms with Crippen LogP contribution in [0.5, 0.6) is 0 Å². The largest absolute Gasteiger partial charge is 0.488 e. The molecule has 0 radical (unpaired) electrons. The SMILES string of the molecule is C=CC(=O)N1CCC[C@@H](n2nc(-c3ccc(CNC(=O)c4cccc(C)c4F)cc3)c3c(N)ncnc32)C1.Cc1cccc(C(=O)NCc2ccc(B(O)O)cc2)c1F. The molecule has 0 saturated carbocycles. The number of rotatable bonds is 10. The fourth-order valence-electron chi connectivity index (χ4n) is 6.72. The number of nitrogen functional groups attached to an aromatic ring is 1. The van der Waals surface area contributed by atoms with Gasteiger partial charge in [-0.2, -0.15) is 5.10 Å². The summed E-state index contributed by atoms with van der Waals surface area (Å²) >= 11 is 0. The summed E-state index contributed by atoms with van der Waals surface area (Å²) in [6.07, 6.45) is 4.43. The quantitative estimate of drug-likeness (QED) is 0.0979. The molecule has 0 bridgehead atoms. The van der Waals surface area contributed by atoms with E-state index in [0.717, 1.165) is 29.5 Å². The monoisotopic (exact) mass is 800 g/mol. The molecule has 6 N–H and O–H groups in total. The minimum absolute atomic E-state index is 0.0115. The lowest BCUT2D eigenvalue weighted by Crippen LogP contribution is -2.40. The van der Waals surface area contributed by atoms with E-state index in [1.165, 1.54) is 24.5 Å². The fraction of sp³-hybridized carbons (Fsp3) is 0.209. The van der Waals surface area contributed by atoms with Crippen LogP contribution in [0.3, 0.4) is 0 Å². The number of piperidine rings is 1. The second kappa shape index (κ2) is 18.7. The molecule has 0 spiro atoms. The van der Waals surface area contributed by atoms with Crippen molar-refractivity contribution in [2.45, 2.75) is 45.8 Å².